The summed E-state index contributed by atoms with van der Waals surface area (Å²) in [6.07, 6.45) is 0. The fourth-order valence-corrected chi connectivity index (χ4v) is 1.43. The van der Waals surface area contributed by atoms with E-state index in [0.29, 0.717) is 11.5 Å². The molecule has 1 aliphatic rings. The monoisotopic (exact) mass is 221 g/mol. The number of nitrogens with zero attached hydrogens (tertiary/aromatic N) is 1. The molecule has 1 atom stereocenters. The number of carbonyl (C=O) groups is 1. The average molecular weight is 221 g/mol. The van der Waals surface area contributed by atoms with Crippen molar-refractivity contribution in [3.8, 4) is 5.75 Å². The molecule has 0 radical (unpaired) electrons. The highest BCUT2D eigenvalue weighted by Crippen LogP contribution is 2.16. The van der Waals surface area contributed by atoms with Crippen molar-refractivity contribution < 1.29 is 19.4 Å². The Kier molecular flexibility index (Phi) is 2.76. The summed E-state index contributed by atoms with van der Waals surface area (Å²) in [5.41, 5.74) is 0.645. The maximum Gasteiger partial charge on any atom is 0.334 e. The molecule has 1 aromatic rings. The van der Waals surface area contributed by atoms with Crippen LogP contribution in [0.5, 0.6) is 5.75 Å². The van der Waals surface area contributed by atoms with Crippen LogP contribution >= 0.6 is 0 Å². The number of hydrogen-bond acceptors (Lipinski definition) is 5. The molecule has 16 heavy (non-hydrogen) atoms. The van der Waals surface area contributed by atoms with Gasteiger partial charge < -0.3 is 14.6 Å². The lowest BCUT2D eigenvalue weighted by Crippen LogP contribution is -2.21. The maximum absolute atomic E-state index is 11.2. The normalized spacial score (nSPS) is 18.8. The molecular weight excluding hydrogens is 210 g/mol. The van der Waals surface area contributed by atoms with Gasteiger partial charge in [-0.3, -0.25) is 0 Å². The molecule has 1 heterocycles. The van der Waals surface area contributed by atoms with Crippen molar-refractivity contribution in [1.82, 2.24) is 0 Å². The Morgan fingerprint density at radius 1 is 1.62 bits per heavy atom. The zero-order valence-electron chi connectivity index (χ0n) is 8.71. The highest BCUT2D eigenvalue weighted by Gasteiger charge is 2.27. The van der Waals surface area contributed by atoms with Gasteiger partial charge in [-0.2, -0.15) is 0 Å². The first-order valence-corrected chi connectivity index (χ1v) is 4.78. The summed E-state index contributed by atoms with van der Waals surface area (Å²) < 4.78 is 9.83. The third-order valence-corrected chi connectivity index (χ3v) is 2.22. The van der Waals surface area contributed by atoms with Crippen LogP contribution in [-0.2, 0) is 14.3 Å². The maximum atomic E-state index is 11.2. The van der Waals surface area contributed by atoms with Crippen molar-refractivity contribution in [1.29, 1.82) is 0 Å². The summed E-state index contributed by atoms with van der Waals surface area (Å²) in [5, 5.41) is 9.29. The minimum absolute atomic E-state index is 0.130. The summed E-state index contributed by atoms with van der Waals surface area (Å²) in [5.74, 6) is 0.0618. The highest BCUT2D eigenvalue weighted by molar-refractivity contribution is 5.97. The van der Waals surface area contributed by atoms with Crippen LogP contribution in [0, 0.1) is 0 Å². The van der Waals surface area contributed by atoms with Gasteiger partial charge in [-0.15, -0.1) is 0 Å². The quantitative estimate of drug-likeness (QED) is 0.747. The third kappa shape index (κ3) is 1.98. The standard InChI is InChI=1S/C11H11NO4/c1-15-11(14)9-6-16-10(12-9)7-3-2-4-8(13)5-7/h2-5,9,13H,6H2,1H3/t9-/m0/s1. The van der Waals surface area contributed by atoms with Gasteiger partial charge in [-0.1, -0.05) is 6.07 Å². The molecule has 0 saturated carbocycles. The lowest BCUT2D eigenvalue weighted by atomic mass is 10.2. The Morgan fingerprint density at radius 3 is 3.12 bits per heavy atom. The second-order valence-electron chi connectivity index (χ2n) is 3.33. The van der Waals surface area contributed by atoms with Crippen LogP contribution in [0.3, 0.4) is 0 Å². The number of rotatable bonds is 2. The first-order chi connectivity index (χ1) is 7.70. The average Bonchev–Trinajstić information content (AvgIpc) is 2.77. The van der Waals surface area contributed by atoms with E-state index in [1.165, 1.54) is 13.2 Å². The van der Waals surface area contributed by atoms with Crippen LogP contribution in [-0.4, -0.2) is 36.7 Å². The molecule has 0 saturated heterocycles. The van der Waals surface area contributed by atoms with Crippen LogP contribution in [0.2, 0.25) is 0 Å². The molecule has 0 unspecified atom stereocenters. The van der Waals surface area contributed by atoms with Crippen LogP contribution < -0.4 is 0 Å². The van der Waals surface area contributed by atoms with Crippen molar-refractivity contribution in [3.05, 3.63) is 29.8 Å². The van der Waals surface area contributed by atoms with Crippen molar-refractivity contribution in [3.63, 3.8) is 0 Å². The molecule has 1 N–H and O–H groups in total. The SMILES string of the molecule is COC(=O)[C@@H]1COC(c2cccc(O)c2)=N1. The van der Waals surface area contributed by atoms with Crippen molar-refractivity contribution >= 4 is 11.9 Å². The van der Waals surface area contributed by atoms with E-state index in [4.69, 9.17) is 4.74 Å². The molecule has 0 spiro atoms. The highest BCUT2D eigenvalue weighted by atomic mass is 16.5. The summed E-state index contributed by atoms with van der Waals surface area (Å²) >= 11 is 0. The van der Waals surface area contributed by atoms with Crippen LogP contribution in [0.4, 0.5) is 0 Å². The predicted molar refractivity (Wildman–Crippen MR) is 56.4 cm³/mol. The molecule has 5 heteroatoms. The smallest absolute Gasteiger partial charge is 0.334 e. The van der Waals surface area contributed by atoms with Crippen molar-refractivity contribution in [2.24, 2.45) is 4.99 Å². The van der Waals surface area contributed by atoms with E-state index >= 15 is 0 Å². The minimum atomic E-state index is -0.609. The van der Waals surface area contributed by atoms with Gasteiger partial charge in [-0.05, 0) is 18.2 Å². The number of aliphatic imine (C=N–C) groups is 1. The number of hydrogen-bond donors (Lipinski definition) is 1. The second-order valence-corrected chi connectivity index (χ2v) is 3.33. The molecule has 1 aliphatic heterocycles. The summed E-state index contributed by atoms with van der Waals surface area (Å²) in [7, 11) is 1.31. The zero-order chi connectivity index (χ0) is 11.5. The summed E-state index contributed by atoms with van der Waals surface area (Å²) in [6, 6.07) is 5.90. The van der Waals surface area contributed by atoms with Crippen molar-refractivity contribution in [2.75, 3.05) is 13.7 Å². The molecule has 0 fully saturated rings. The number of phenols is 1. The number of phenolic OH excluding ortho intramolecular Hbond substituents is 1. The Balaban J connectivity index is 2.21. The van der Waals surface area contributed by atoms with Gasteiger partial charge >= 0.3 is 5.97 Å². The predicted octanol–water partition coefficient (Wildman–Crippen LogP) is 0.711. The Bertz CT molecular complexity index is 441. The summed E-state index contributed by atoms with van der Waals surface area (Å²) in [4.78, 5) is 15.3. The fourth-order valence-electron chi connectivity index (χ4n) is 1.43. The van der Waals surface area contributed by atoms with Gasteiger partial charge in [0.25, 0.3) is 0 Å². The number of aromatic hydroxyl groups is 1. The van der Waals surface area contributed by atoms with Gasteiger partial charge in [0, 0.05) is 5.56 Å². The van der Waals surface area contributed by atoms with E-state index in [1.807, 2.05) is 0 Å². The van der Waals surface area contributed by atoms with Crippen molar-refractivity contribution in [2.45, 2.75) is 6.04 Å². The first-order valence-electron chi connectivity index (χ1n) is 4.78. The molecule has 0 bridgehead atoms. The van der Waals surface area contributed by atoms with Gasteiger partial charge in [0.05, 0.1) is 7.11 Å². The molecule has 84 valence electrons. The molecular formula is C11H11NO4. The number of esters is 1. The first kappa shape index (κ1) is 10.5. The van der Waals surface area contributed by atoms with E-state index in [-0.39, 0.29) is 12.4 Å². The third-order valence-electron chi connectivity index (χ3n) is 2.22. The van der Waals surface area contributed by atoms with Gasteiger partial charge in [0.1, 0.15) is 12.4 Å². The molecule has 2 rings (SSSR count). The molecule has 5 nitrogen and oxygen atoms in total. The second kappa shape index (κ2) is 4.22. The van der Waals surface area contributed by atoms with Crippen LogP contribution in [0.25, 0.3) is 0 Å². The summed E-state index contributed by atoms with van der Waals surface area (Å²) in [6.45, 7) is 0.178. The van der Waals surface area contributed by atoms with Gasteiger partial charge in [0.15, 0.2) is 6.04 Å². The van der Waals surface area contributed by atoms with E-state index in [9.17, 15) is 9.90 Å². The number of benzene rings is 1. The van der Waals surface area contributed by atoms with E-state index in [2.05, 4.69) is 9.73 Å². The fraction of sp³-hybridized carbons (Fsp3) is 0.273. The Morgan fingerprint density at radius 2 is 2.44 bits per heavy atom. The van der Waals surface area contributed by atoms with E-state index in [0.717, 1.165) is 0 Å². The molecule has 1 aromatic carbocycles. The van der Waals surface area contributed by atoms with Crippen LogP contribution in [0.1, 0.15) is 5.56 Å². The van der Waals surface area contributed by atoms with Gasteiger partial charge in [0.2, 0.25) is 5.90 Å². The minimum Gasteiger partial charge on any atom is -0.508 e. The number of methoxy groups -OCH3 is 1. The zero-order valence-corrected chi connectivity index (χ0v) is 8.71. The van der Waals surface area contributed by atoms with E-state index < -0.39 is 12.0 Å². The Hall–Kier alpha value is -2.04. The molecule has 0 aliphatic carbocycles. The topological polar surface area (TPSA) is 68.1 Å². The Labute approximate surface area is 92.3 Å². The number of carbonyl (C=O) groups excluding carboxylic acids is 1. The van der Waals surface area contributed by atoms with E-state index in [1.54, 1.807) is 18.2 Å². The lowest BCUT2D eigenvalue weighted by Gasteiger charge is -2.01. The molecule has 0 aromatic heterocycles. The van der Waals surface area contributed by atoms with Gasteiger partial charge in [-0.25, -0.2) is 9.79 Å². The lowest BCUT2D eigenvalue weighted by molar-refractivity contribution is -0.142. The number of ether oxygens (including phenoxy) is 2. The van der Waals surface area contributed by atoms with Crippen LogP contribution in [0.15, 0.2) is 29.3 Å². The molecule has 0 amide bonds. The largest absolute Gasteiger partial charge is 0.508 e.